The van der Waals surface area contributed by atoms with Crippen molar-refractivity contribution in [3.63, 3.8) is 0 Å². The van der Waals surface area contributed by atoms with E-state index < -0.39 is 0 Å². The molecule has 0 bridgehead atoms. The second-order valence-electron chi connectivity index (χ2n) is 5.84. The fourth-order valence-electron chi connectivity index (χ4n) is 2.40. The molecule has 0 spiro atoms. The quantitative estimate of drug-likeness (QED) is 0.663. The molecule has 134 valence electrons. The van der Waals surface area contributed by atoms with Gasteiger partial charge in [0, 0.05) is 23.0 Å². The first kappa shape index (κ1) is 18.0. The fraction of sp³-hybridized carbons (Fsp3) is 0.263. The monoisotopic (exact) mass is 367 g/mol. The molecule has 7 heteroatoms. The molecule has 0 saturated heterocycles. The summed E-state index contributed by atoms with van der Waals surface area (Å²) in [6.07, 6.45) is 5.09. The lowest BCUT2D eigenvalue weighted by molar-refractivity contribution is 0.0950. The van der Waals surface area contributed by atoms with Crippen LogP contribution < -0.4 is 10.6 Å². The molecule has 0 saturated carbocycles. The van der Waals surface area contributed by atoms with Crippen LogP contribution in [-0.4, -0.2) is 20.9 Å². The highest BCUT2D eigenvalue weighted by Crippen LogP contribution is 2.19. The molecule has 2 heterocycles. The third-order valence-electron chi connectivity index (χ3n) is 3.75. The third-order valence-corrected chi connectivity index (χ3v) is 4.97. The molecular weight excluding hydrogens is 346 g/mol. The Bertz CT molecular complexity index is 861. The Hall–Kier alpha value is -2.80. The number of para-hydroxylation sites is 1. The first-order valence-electron chi connectivity index (χ1n) is 8.53. The lowest BCUT2D eigenvalue weighted by Crippen LogP contribution is -2.23. The Balaban J connectivity index is 1.58. The summed E-state index contributed by atoms with van der Waals surface area (Å²) in [6.45, 7) is 4.58. The Kier molecular flexibility index (Phi) is 5.91. The van der Waals surface area contributed by atoms with Crippen molar-refractivity contribution >= 4 is 28.9 Å². The lowest BCUT2D eigenvalue weighted by atomic mass is 10.3. The Labute approximate surface area is 156 Å². The number of carbonyl (C=O) groups is 1. The number of amides is 1. The summed E-state index contributed by atoms with van der Waals surface area (Å²) in [7, 11) is 0. The smallest absolute Gasteiger partial charge is 0.254 e. The molecule has 1 amide bonds. The third kappa shape index (κ3) is 4.64. The topological polar surface area (TPSA) is 79.8 Å². The summed E-state index contributed by atoms with van der Waals surface area (Å²) < 4.78 is 0. The average molecular weight is 367 g/mol. The van der Waals surface area contributed by atoms with Crippen molar-refractivity contribution in [2.75, 3.05) is 5.32 Å². The predicted octanol–water partition coefficient (Wildman–Crippen LogP) is 3.87. The Morgan fingerprint density at radius 3 is 2.58 bits per heavy atom. The van der Waals surface area contributed by atoms with Crippen LogP contribution in [0.2, 0.25) is 0 Å². The molecule has 0 aliphatic rings. The molecule has 0 aliphatic heterocycles. The number of carbonyl (C=O) groups excluding carboxylic acids is 1. The molecular formula is C19H21N5OS. The predicted molar refractivity (Wildman–Crippen MR) is 104 cm³/mol. The number of rotatable bonds is 7. The summed E-state index contributed by atoms with van der Waals surface area (Å²) in [5.74, 6) is 0.261. The van der Waals surface area contributed by atoms with E-state index in [0.29, 0.717) is 18.1 Å². The number of nitrogens with zero attached hydrogens (tertiary/aromatic N) is 3. The van der Waals surface area contributed by atoms with Crippen molar-refractivity contribution in [2.24, 2.45) is 0 Å². The summed E-state index contributed by atoms with van der Waals surface area (Å²) in [6, 6.07) is 9.65. The number of nitrogens with one attached hydrogen (secondary N) is 2. The van der Waals surface area contributed by atoms with E-state index >= 15 is 0 Å². The zero-order chi connectivity index (χ0) is 18.4. The van der Waals surface area contributed by atoms with Crippen LogP contribution in [0.3, 0.4) is 0 Å². The van der Waals surface area contributed by atoms with Gasteiger partial charge < -0.3 is 10.6 Å². The molecule has 0 radical (unpaired) electrons. The normalized spacial score (nSPS) is 10.5. The largest absolute Gasteiger partial charge is 0.347 e. The van der Waals surface area contributed by atoms with Crippen molar-refractivity contribution in [3.05, 3.63) is 63.9 Å². The van der Waals surface area contributed by atoms with Crippen LogP contribution in [0.1, 0.15) is 39.3 Å². The van der Waals surface area contributed by atoms with Gasteiger partial charge in [0.2, 0.25) is 5.95 Å². The Morgan fingerprint density at radius 2 is 1.88 bits per heavy atom. The van der Waals surface area contributed by atoms with E-state index in [1.165, 1.54) is 12.4 Å². The first-order valence-corrected chi connectivity index (χ1v) is 9.35. The van der Waals surface area contributed by atoms with E-state index in [2.05, 4.69) is 32.5 Å². The van der Waals surface area contributed by atoms with Gasteiger partial charge >= 0.3 is 0 Å². The number of aromatic nitrogens is 3. The molecule has 3 aromatic rings. The van der Waals surface area contributed by atoms with Gasteiger partial charge in [-0.2, -0.15) is 0 Å². The van der Waals surface area contributed by atoms with Gasteiger partial charge in [0.25, 0.3) is 5.91 Å². The molecule has 0 aliphatic carbocycles. The molecule has 0 fully saturated rings. The number of aryl methyl sites for hydroxylation is 2. The van der Waals surface area contributed by atoms with Gasteiger partial charge in [-0.25, -0.2) is 15.0 Å². The van der Waals surface area contributed by atoms with Crippen molar-refractivity contribution < 1.29 is 4.79 Å². The van der Waals surface area contributed by atoms with Crippen molar-refractivity contribution in [1.82, 2.24) is 20.3 Å². The second-order valence-corrected chi connectivity index (χ2v) is 7.00. The fourth-order valence-corrected chi connectivity index (χ4v) is 3.51. The highest BCUT2D eigenvalue weighted by molar-refractivity contribution is 7.11. The van der Waals surface area contributed by atoms with E-state index in [1.807, 2.05) is 37.3 Å². The second kappa shape index (κ2) is 8.53. The molecule has 2 aromatic heterocycles. The van der Waals surface area contributed by atoms with E-state index in [4.69, 9.17) is 0 Å². The van der Waals surface area contributed by atoms with E-state index in [-0.39, 0.29) is 5.91 Å². The molecule has 3 rings (SSSR count). The molecule has 2 N–H and O–H groups in total. The number of hydrogen-bond donors (Lipinski definition) is 2. The summed E-state index contributed by atoms with van der Waals surface area (Å²) >= 11 is 1.66. The van der Waals surface area contributed by atoms with Crippen LogP contribution in [0.25, 0.3) is 0 Å². The SMILES string of the molecule is CCCc1nc(C)c(CNC(=O)c2cnc(Nc3ccccc3)nc2)s1. The van der Waals surface area contributed by atoms with Crippen LogP contribution >= 0.6 is 11.3 Å². The highest BCUT2D eigenvalue weighted by Gasteiger charge is 2.11. The van der Waals surface area contributed by atoms with Gasteiger partial charge in [-0.3, -0.25) is 4.79 Å². The summed E-state index contributed by atoms with van der Waals surface area (Å²) in [4.78, 5) is 26.3. The number of thiazole rings is 1. The van der Waals surface area contributed by atoms with Gasteiger partial charge in [-0.05, 0) is 31.9 Å². The standard InChI is InChI=1S/C19H21N5OS/c1-3-7-17-23-13(2)16(26-17)12-20-18(25)14-10-21-19(22-11-14)24-15-8-5-4-6-9-15/h4-6,8-11H,3,7,12H2,1-2H3,(H,20,25)(H,21,22,24). The maximum atomic E-state index is 12.3. The summed E-state index contributed by atoms with van der Waals surface area (Å²) in [5.41, 5.74) is 2.31. The van der Waals surface area contributed by atoms with Gasteiger partial charge in [0.05, 0.1) is 22.8 Å². The van der Waals surface area contributed by atoms with Gasteiger partial charge in [0.1, 0.15) is 0 Å². The minimum atomic E-state index is -0.193. The number of anilines is 2. The average Bonchev–Trinajstić information content (AvgIpc) is 3.01. The summed E-state index contributed by atoms with van der Waals surface area (Å²) in [5, 5.41) is 7.12. The zero-order valence-corrected chi connectivity index (χ0v) is 15.6. The first-order chi connectivity index (χ1) is 12.7. The Morgan fingerprint density at radius 1 is 1.15 bits per heavy atom. The van der Waals surface area contributed by atoms with Crippen LogP contribution in [0.5, 0.6) is 0 Å². The molecule has 1 aromatic carbocycles. The molecule has 0 atom stereocenters. The van der Waals surface area contributed by atoms with Crippen LogP contribution in [0, 0.1) is 6.92 Å². The van der Waals surface area contributed by atoms with E-state index in [1.54, 1.807) is 11.3 Å². The van der Waals surface area contributed by atoms with Crippen molar-refractivity contribution in [1.29, 1.82) is 0 Å². The molecule has 0 unspecified atom stereocenters. The van der Waals surface area contributed by atoms with Crippen molar-refractivity contribution in [3.8, 4) is 0 Å². The van der Waals surface area contributed by atoms with Gasteiger partial charge in [0.15, 0.2) is 0 Å². The maximum Gasteiger partial charge on any atom is 0.254 e. The van der Waals surface area contributed by atoms with Gasteiger partial charge in [-0.1, -0.05) is 25.1 Å². The minimum absolute atomic E-state index is 0.193. The van der Waals surface area contributed by atoms with Crippen LogP contribution in [0.4, 0.5) is 11.6 Å². The zero-order valence-electron chi connectivity index (χ0n) is 14.8. The molecule has 6 nitrogen and oxygen atoms in total. The van der Waals surface area contributed by atoms with E-state index in [9.17, 15) is 4.79 Å². The van der Waals surface area contributed by atoms with Crippen molar-refractivity contribution in [2.45, 2.75) is 33.2 Å². The minimum Gasteiger partial charge on any atom is -0.347 e. The highest BCUT2D eigenvalue weighted by atomic mass is 32.1. The number of hydrogen-bond acceptors (Lipinski definition) is 6. The van der Waals surface area contributed by atoms with E-state index in [0.717, 1.165) is 34.1 Å². The number of benzene rings is 1. The van der Waals surface area contributed by atoms with Crippen LogP contribution in [0.15, 0.2) is 42.7 Å². The maximum absolute atomic E-state index is 12.3. The van der Waals surface area contributed by atoms with Gasteiger partial charge in [-0.15, -0.1) is 11.3 Å². The lowest BCUT2D eigenvalue weighted by Gasteiger charge is -2.06. The van der Waals surface area contributed by atoms with Crippen LogP contribution in [-0.2, 0) is 13.0 Å². The molecule has 26 heavy (non-hydrogen) atoms.